The van der Waals surface area contributed by atoms with Crippen molar-refractivity contribution in [2.75, 3.05) is 5.75 Å². The van der Waals surface area contributed by atoms with Crippen LogP contribution >= 0.6 is 23.1 Å². The molecule has 0 aromatic carbocycles. The van der Waals surface area contributed by atoms with Crippen LogP contribution in [0, 0.1) is 0 Å². The highest BCUT2D eigenvalue weighted by atomic mass is 32.2. The molecule has 2 heterocycles. The second-order valence-corrected chi connectivity index (χ2v) is 5.13. The van der Waals surface area contributed by atoms with Crippen molar-refractivity contribution in [3.05, 3.63) is 27.6 Å². The maximum atomic E-state index is 11.6. The molecule has 0 saturated heterocycles. The molecule has 1 N–H and O–H groups in total. The Hall–Kier alpha value is -1.41. The Morgan fingerprint density at radius 3 is 3.18 bits per heavy atom. The molecule has 90 valence electrons. The van der Waals surface area contributed by atoms with E-state index in [0.29, 0.717) is 22.2 Å². The van der Waals surface area contributed by atoms with E-state index in [4.69, 9.17) is 5.11 Å². The Morgan fingerprint density at radius 1 is 1.59 bits per heavy atom. The van der Waals surface area contributed by atoms with Crippen LogP contribution in [0.25, 0.3) is 4.96 Å². The highest BCUT2D eigenvalue weighted by molar-refractivity contribution is 7.98. The summed E-state index contributed by atoms with van der Waals surface area (Å²) >= 11 is 2.74. The van der Waals surface area contributed by atoms with Crippen molar-refractivity contribution in [1.82, 2.24) is 14.6 Å². The SMILES string of the molecule is O=C(O)CCSCc1cc(=O)n2ncsc2n1. The van der Waals surface area contributed by atoms with Gasteiger partial charge in [-0.25, -0.2) is 4.98 Å². The summed E-state index contributed by atoms with van der Waals surface area (Å²) in [5.41, 5.74) is 2.02. The number of carbonyl (C=O) groups is 1. The number of hydrogen-bond acceptors (Lipinski definition) is 6. The molecule has 17 heavy (non-hydrogen) atoms. The van der Waals surface area contributed by atoms with E-state index in [-0.39, 0.29) is 12.0 Å². The fourth-order valence-corrected chi connectivity index (χ4v) is 2.67. The highest BCUT2D eigenvalue weighted by Crippen LogP contribution is 2.12. The Morgan fingerprint density at radius 2 is 2.41 bits per heavy atom. The van der Waals surface area contributed by atoms with Crippen molar-refractivity contribution in [3.63, 3.8) is 0 Å². The molecule has 0 bridgehead atoms. The van der Waals surface area contributed by atoms with Crippen molar-refractivity contribution in [3.8, 4) is 0 Å². The summed E-state index contributed by atoms with van der Waals surface area (Å²) in [5.74, 6) is 0.235. The third kappa shape index (κ3) is 3.04. The maximum Gasteiger partial charge on any atom is 0.304 e. The van der Waals surface area contributed by atoms with Crippen LogP contribution < -0.4 is 5.56 Å². The van der Waals surface area contributed by atoms with Gasteiger partial charge in [-0.1, -0.05) is 11.3 Å². The third-order valence-electron chi connectivity index (χ3n) is 1.95. The average Bonchev–Trinajstić information content (AvgIpc) is 2.72. The van der Waals surface area contributed by atoms with Gasteiger partial charge in [0.15, 0.2) is 0 Å². The first-order chi connectivity index (χ1) is 8.16. The molecule has 0 atom stereocenters. The van der Waals surface area contributed by atoms with Gasteiger partial charge in [0.2, 0.25) is 4.96 Å². The van der Waals surface area contributed by atoms with Gasteiger partial charge in [-0.05, 0) is 0 Å². The van der Waals surface area contributed by atoms with Crippen LogP contribution in [0.2, 0.25) is 0 Å². The maximum absolute atomic E-state index is 11.6. The predicted octanol–water partition coefficient (Wildman–Crippen LogP) is 0.859. The molecule has 2 aromatic rings. The van der Waals surface area contributed by atoms with Crippen LogP contribution in [-0.4, -0.2) is 31.4 Å². The summed E-state index contributed by atoms with van der Waals surface area (Å²) in [6, 6.07) is 1.43. The molecule has 0 spiro atoms. The Kier molecular flexibility index (Phi) is 3.75. The zero-order chi connectivity index (χ0) is 12.3. The van der Waals surface area contributed by atoms with Gasteiger partial charge in [0.1, 0.15) is 5.51 Å². The fraction of sp³-hybridized carbons (Fsp3) is 0.333. The molecular formula is C9H9N3O3S2. The number of nitrogens with zero attached hydrogens (tertiary/aromatic N) is 3. The first-order valence-electron chi connectivity index (χ1n) is 4.79. The predicted molar refractivity (Wildman–Crippen MR) is 65.5 cm³/mol. The molecule has 6 nitrogen and oxygen atoms in total. The van der Waals surface area contributed by atoms with Crippen LogP contribution in [0.4, 0.5) is 0 Å². The van der Waals surface area contributed by atoms with Gasteiger partial charge in [0, 0.05) is 17.6 Å². The summed E-state index contributed by atoms with van der Waals surface area (Å²) < 4.78 is 1.25. The average molecular weight is 271 g/mol. The summed E-state index contributed by atoms with van der Waals surface area (Å²) in [6.45, 7) is 0. The minimum absolute atomic E-state index is 0.118. The van der Waals surface area contributed by atoms with Gasteiger partial charge < -0.3 is 5.11 Å². The smallest absolute Gasteiger partial charge is 0.304 e. The van der Waals surface area contributed by atoms with Crippen LogP contribution in [-0.2, 0) is 10.5 Å². The number of aliphatic carboxylic acids is 1. The van der Waals surface area contributed by atoms with E-state index in [0.717, 1.165) is 0 Å². The van der Waals surface area contributed by atoms with Gasteiger partial charge >= 0.3 is 5.97 Å². The van der Waals surface area contributed by atoms with E-state index >= 15 is 0 Å². The van der Waals surface area contributed by atoms with E-state index in [9.17, 15) is 9.59 Å². The Balaban J connectivity index is 2.04. The van der Waals surface area contributed by atoms with Crippen LogP contribution in [0.15, 0.2) is 16.4 Å². The monoisotopic (exact) mass is 271 g/mol. The number of rotatable bonds is 5. The lowest BCUT2D eigenvalue weighted by Crippen LogP contribution is -2.14. The highest BCUT2D eigenvalue weighted by Gasteiger charge is 2.05. The summed E-state index contributed by atoms with van der Waals surface area (Å²) in [5, 5.41) is 12.3. The number of thioether (sulfide) groups is 1. The summed E-state index contributed by atoms with van der Waals surface area (Å²) in [7, 11) is 0. The van der Waals surface area contributed by atoms with Gasteiger partial charge in [0.05, 0.1) is 12.1 Å². The molecule has 0 aliphatic heterocycles. The van der Waals surface area contributed by atoms with Crippen molar-refractivity contribution in [2.24, 2.45) is 0 Å². The van der Waals surface area contributed by atoms with E-state index in [1.54, 1.807) is 5.51 Å². The minimum Gasteiger partial charge on any atom is -0.481 e. The number of carboxylic acids is 1. The van der Waals surface area contributed by atoms with Crippen molar-refractivity contribution >= 4 is 34.0 Å². The normalized spacial score (nSPS) is 10.8. The minimum atomic E-state index is -0.816. The largest absolute Gasteiger partial charge is 0.481 e. The van der Waals surface area contributed by atoms with E-state index < -0.39 is 5.97 Å². The van der Waals surface area contributed by atoms with Crippen molar-refractivity contribution < 1.29 is 9.90 Å². The molecule has 0 unspecified atom stereocenters. The molecule has 0 saturated carbocycles. The lowest BCUT2D eigenvalue weighted by molar-refractivity contribution is -0.136. The molecule has 0 aliphatic rings. The van der Waals surface area contributed by atoms with Crippen LogP contribution in [0.5, 0.6) is 0 Å². The standard InChI is InChI=1S/C9H9N3O3S2/c13-7-3-6(4-16-2-1-8(14)15)11-9-12(7)10-5-17-9/h3,5H,1-2,4H2,(H,14,15). The van der Waals surface area contributed by atoms with Gasteiger partial charge in [0.25, 0.3) is 5.56 Å². The lowest BCUT2D eigenvalue weighted by Gasteiger charge is -1.99. The van der Waals surface area contributed by atoms with E-state index in [2.05, 4.69) is 10.1 Å². The second-order valence-electron chi connectivity index (χ2n) is 3.22. The van der Waals surface area contributed by atoms with Gasteiger partial charge in [-0.3, -0.25) is 9.59 Å². The Bertz CT molecular complexity index is 592. The van der Waals surface area contributed by atoms with E-state index in [1.165, 1.54) is 33.7 Å². The second kappa shape index (κ2) is 5.28. The number of hydrogen-bond donors (Lipinski definition) is 1. The zero-order valence-electron chi connectivity index (χ0n) is 8.70. The number of aromatic nitrogens is 3. The van der Waals surface area contributed by atoms with Gasteiger partial charge in [-0.2, -0.15) is 21.4 Å². The first-order valence-corrected chi connectivity index (χ1v) is 6.82. The van der Waals surface area contributed by atoms with Gasteiger partial charge in [-0.15, -0.1) is 0 Å². The molecule has 0 radical (unpaired) electrons. The first kappa shape index (κ1) is 12.1. The summed E-state index contributed by atoms with van der Waals surface area (Å²) in [4.78, 5) is 26.7. The van der Waals surface area contributed by atoms with Crippen molar-refractivity contribution in [1.29, 1.82) is 0 Å². The summed E-state index contributed by atoms with van der Waals surface area (Å²) in [6.07, 6.45) is 0.118. The molecule has 0 fully saturated rings. The topological polar surface area (TPSA) is 84.6 Å². The van der Waals surface area contributed by atoms with Crippen LogP contribution in [0.3, 0.4) is 0 Å². The third-order valence-corrected chi connectivity index (χ3v) is 3.62. The lowest BCUT2D eigenvalue weighted by atomic mass is 10.4. The quantitative estimate of drug-likeness (QED) is 0.812. The number of fused-ring (bicyclic) bond motifs is 1. The molecule has 0 aliphatic carbocycles. The molecule has 2 rings (SSSR count). The molecule has 0 amide bonds. The molecule has 8 heteroatoms. The Labute approximate surface area is 104 Å². The zero-order valence-corrected chi connectivity index (χ0v) is 10.3. The van der Waals surface area contributed by atoms with E-state index in [1.807, 2.05) is 0 Å². The number of carboxylic acid groups (broad SMARTS) is 1. The molecule has 2 aromatic heterocycles. The fourth-order valence-electron chi connectivity index (χ4n) is 1.21. The van der Waals surface area contributed by atoms with Crippen molar-refractivity contribution in [2.45, 2.75) is 12.2 Å². The van der Waals surface area contributed by atoms with Crippen LogP contribution in [0.1, 0.15) is 12.1 Å². The molecular weight excluding hydrogens is 262 g/mol.